The summed E-state index contributed by atoms with van der Waals surface area (Å²) < 4.78 is 0. The van der Waals surface area contributed by atoms with Gasteiger partial charge in [0.15, 0.2) is 0 Å². The first kappa shape index (κ1) is 22.8. The minimum Gasteiger partial charge on any atom is -0.307 e. The lowest BCUT2D eigenvalue weighted by Crippen LogP contribution is -2.42. The van der Waals surface area contributed by atoms with Crippen LogP contribution >= 0.6 is 0 Å². The molecule has 0 saturated carbocycles. The fourth-order valence-corrected chi connectivity index (χ4v) is 5.31. The van der Waals surface area contributed by atoms with Crippen molar-refractivity contribution in [2.45, 2.75) is 38.1 Å². The molecular formula is C29H27N5O. The molecule has 0 N–H and O–H groups in total. The Bertz CT molecular complexity index is 1340. The normalized spacial score (nSPS) is 17.3. The number of hydrogen-bond acceptors (Lipinski definition) is 5. The molecule has 0 spiro atoms. The van der Waals surface area contributed by atoms with Gasteiger partial charge in [-0.15, -0.1) is 0 Å². The first-order valence-corrected chi connectivity index (χ1v) is 12.0. The van der Waals surface area contributed by atoms with Crippen molar-refractivity contribution in [2.75, 3.05) is 24.5 Å². The molecule has 3 aromatic rings. The van der Waals surface area contributed by atoms with E-state index in [4.69, 9.17) is 0 Å². The van der Waals surface area contributed by atoms with Gasteiger partial charge in [-0.25, -0.2) is 0 Å². The molecular weight excluding hydrogens is 434 g/mol. The van der Waals surface area contributed by atoms with E-state index in [2.05, 4.69) is 35.0 Å². The molecule has 0 unspecified atom stereocenters. The number of pyridine rings is 1. The summed E-state index contributed by atoms with van der Waals surface area (Å²) in [5.74, 6) is -0.0486. The maximum atomic E-state index is 13.5. The zero-order valence-electron chi connectivity index (χ0n) is 19.9. The summed E-state index contributed by atoms with van der Waals surface area (Å²) in [4.78, 5) is 22.0. The minimum atomic E-state index is -0.534. The topological polar surface area (TPSA) is 84.0 Å². The van der Waals surface area contributed by atoms with Gasteiger partial charge in [0.05, 0.1) is 23.0 Å². The first-order valence-electron chi connectivity index (χ1n) is 12.0. The second kappa shape index (κ2) is 9.33. The van der Waals surface area contributed by atoms with Crippen LogP contribution in [0.5, 0.6) is 0 Å². The van der Waals surface area contributed by atoms with E-state index in [1.165, 1.54) is 5.56 Å². The van der Waals surface area contributed by atoms with E-state index in [-0.39, 0.29) is 5.91 Å². The molecule has 174 valence electrons. The van der Waals surface area contributed by atoms with Crippen LogP contribution in [-0.4, -0.2) is 35.4 Å². The summed E-state index contributed by atoms with van der Waals surface area (Å²) in [5.41, 5.74) is 5.62. The molecule has 1 fully saturated rings. The van der Waals surface area contributed by atoms with Crippen molar-refractivity contribution < 1.29 is 4.79 Å². The molecule has 1 amide bonds. The summed E-state index contributed by atoms with van der Waals surface area (Å²) in [6, 6.07) is 22.0. The average molecular weight is 462 g/mol. The number of nitrogens with zero attached hydrogens (tertiary/aromatic N) is 5. The van der Waals surface area contributed by atoms with Gasteiger partial charge in [-0.1, -0.05) is 24.3 Å². The number of anilines is 1. The predicted molar refractivity (Wildman–Crippen MR) is 134 cm³/mol. The maximum absolute atomic E-state index is 13.5. The van der Waals surface area contributed by atoms with Crippen LogP contribution in [0.15, 0.2) is 60.8 Å². The molecule has 0 radical (unpaired) electrons. The van der Waals surface area contributed by atoms with Gasteiger partial charge in [0, 0.05) is 37.9 Å². The lowest BCUT2D eigenvalue weighted by Gasteiger charge is -2.37. The number of rotatable bonds is 4. The highest BCUT2D eigenvalue weighted by molar-refractivity contribution is 6.09. The fraction of sp³-hybridized carbons (Fsp3) is 0.310. The molecule has 6 heteroatoms. The van der Waals surface area contributed by atoms with Gasteiger partial charge < -0.3 is 4.90 Å². The quantitative estimate of drug-likeness (QED) is 0.570. The van der Waals surface area contributed by atoms with E-state index >= 15 is 0 Å². The van der Waals surface area contributed by atoms with Crippen molar-refractivity contribution >= 4 is 11.6 Å². The number of piperidine rings is 1. The van der Waals surface area contributed by atoms with Gasteiger partial charge in [0.2, 0.25) is 0 Å². The Balaban J connectivity index is 1.35. The Hall–Kier alpha value is -4.00. The van der Waals surface area contributed by atoms with Gasteiger partial charge in [-0.05, 0) is 73.2 Å². The smallest absolute Gasteiger partial charge is 0.258 e. The van der Waals surface area contributed by atoms with Gasteiger partial charge in [-0.3, -0.25) is 14.7 Å². The number of carbonyl (C=O) groups excluding carboxylic acids is 1. The summed E-state index contributed by atoms with van der Waals surface area (Å²) in [6.07, 6.45) is 4.00. The van der Waals surface area contributed by atoms with Crippen molar-refractivity contribution in [1.82, 2.24) is 9.88 Å². The molecule has 2 aliphatic rings. The Kier molecular flexibility index (Phi) is 6.07. The van der Waals surface area contributed by atoms with E-state index in [0.717, 1.165) is 61.3 Å². The van der Waals surface area contributed by atoms with Crippen molar-refractivity contribution in [2.24, 2.45) is 0 Å². The van der Waals surface area contributed by atoms with Crippen LogP contribution in [0, 0.1) is 29.6 Å². The Morgan fingerprint density at radius 3 is 2.51 bits per heavy atom. The second-order valence-electron chi connectivity index (χ2n) is 9.46. The number of benzene rings is 2. The van der Waals surface area contributed by atoms with Crippen LogP contribution < -0.4 is 4.90 Å². The third kappa shape index (κ3) is 4.18. The molecule has 5 rings (SSSR count). The van der Waals surface area contributed by atoms with E-state index in [1.54, 1.807) is 17.2 Å². The van der Waals surface area contributed by atoms with Crippen molar-refractivity contribution in [1.29, 1.82) is 10.5 Å². The van der Waals surface area contributed by atoms with Crippen LogP contribution in [0.1, 0.15) is 51.1 Å². The molecule has 3 heterocycles. The van der Waals surface area contributed by atoms with Crippen LogP contribution in [0.3, 0.4) is 0 Å². The van der Waals surface area contributed by atoms with E-state index in [0.29, 0.717) is 17.8 Å². The number of aryl methyl sites for hydroxylation is 1. The highest BCUT2D eigenvalue weighted by Crippen LogP contribution is 2.35. The average Bonchev–Trinajstić information content (AvgIpc) is 2.91. The molecule has 6 nitrogen and oxygen atoms in total. The van der Waals surface area contributed by atoms with E-state index in [9.17, 15) is 15.3 Å². The number of carbonyl (C=O) groups is 1. The molecule has 1 aromatic heterocycles. The van der Waals surface area contributed by atoms with Gasteiger partial charge in [0.25, 0.3) is 5.91 Å². The summed E-state index contributed by atoms with van der Waals surface area (Å²) in [7, 11) is 0. The summed E-state index contributed by atoms with van der Waals surface area (Å²) >= 11 is 0. The number of nitriles is 2. The Morgan fingerprint density at radius 1 is 1.03 bits per heavy atom. The minimum absolute atomic E-state index is 0.0486. The number of amides is 1. The summed E-state index contributed by atoms with van der Waals surface area (Å²) in [6.45, 7) is 5.02. The van der Waals surface area contributed by atoms with Crippen LogP contribution in [0.25, 0.3) is 0 Å². The van der Waals surface area contributed by atoms with E-state index < -0.39 is 5.41 Å². The second-order valence-corrected chi connectivity index (χ2v) is 9.46. The zero-order valence-corrected chi connectivity index (χ0v) is 19.9. The SMILES string of the molecule is Cc1cc2c(cc1CN1CCC(C#N)(c3ccccn3)CC1)C(=O)N(c1ccccc1C#N)CC2. The largest absolute Gasteiger partial charge is 0.307 e. The Morgan fingerprint density at radius 2 is 1.80 bits per heavy atom. The molecule has 1 saturated heterocycles. The number of aromatic nitrogens is 1. The lowest BCUT2D eigenvalue weighted by molar-refractivity contribution is 0.0980. The standard InChI is InChI=1S/C29H27N5O/c1-21-16-22-9-13-34(26-7-3-2-6-23(26)18-30)28(35)25(22)17-24(21)19-33-14-10-29(20-31,11-15-33)27-8-4-5-12-32-27/h2-8,12,16-17H,9-11,13-15,19H2,1H3. The van der Waals surface area contributed by atoms with Gasteiger partial charge in [-0.2, -0.15) is 10.5 Å². The first-order chi connectivity index (χ1) is 17.0. The monoisotopic (exact) mass is 461 g/mol. The highest BCUT2D eigenvalue weighted by atomic mass is 16.2. The van der Waals surface area contributed by atoms with Crippen molar-refractivity contribution in [3.8, 4) is 12.1 Å². The highest BCUT2D eigenvalue weighted by Gasteiger charge is 2.38. The third-order valence-electron chi connectivity index (χ3n) is 7.43. The predicted octanol–water partition coefficient (Wildman–Crippen LogP) is 4.52. The molecule has 0 atom stereocenters. The zero-order chi connectivity index (χ0) is 24.4. The molecule has 2 aromatic carbocycles. The lowest BCUT2D eigenvalue weighted by atomic mass is 9.76. The molecule has 35 heavy (non-hydrogen) atoms. The van der Waals surface area contributed by atoms with Crippen LogP contribution in [0.4, 0.5) is 5.69 Å². The molecule has 0 aliphatic carbocycles. The number of likely N-dealkylation sites (tertiary alicyclic amines) is 1. The van der Waals surface area contributed by atoms with Gasteiger partial charge in [0.1, 0.15) is 11.5 Å². The molecule has 2 aliphatic heterocycles. The van der Waals surface area contributed by atoms with Crippen molar-refractivity contribution in [3.63, 3.8) is 0 Å². The number of para-hydroxylation sites is 1. The number of hydrogen-bond donors (Lipinski definition) is 0. The summed E-state index contributed by atoms with van der Waals surface area (Å²) in [5, 5.41) is 19.5. The van der Waals surface area contributed by atoms with E-state index in [1.807, 2.05) is 42.5 Å². The third-order valence-corrected chi connectivity index (χ3v) is 7.43. The number of fused-ring (bicyclic) bond motifs is 1. The van der Waals surface area contributed by atoms with Gasteiger partial charge >= 0.3 is 0 Å². The van der Waals surface area contributed by atoms with Crippen molar-refractivity contribution in [3.05, 3.63) is 94.3 Å². The fourth-order valence-electron chi connectivity index (χ4n) is 5.31. The van der Waals surface area contributed by atoms with Crippen LogP contribution in [0.2, 0.25) is 0 Å². The maximum Gasteiger partial charge on any atom is 0.258 e. The Labute approximate surface area is 206 Å². The van der Waals surface area contributed by atoms with Crippen LogP contribution in [-0.2, 0) is 18.4 Å². The molecule has 0 bridgehead atoms.